The largest absolute Gasteiger partial charge is 0.498 e. The summed E-state index contributed by atoms with van der Waals surface area (Å²) in [6.07, 6.45) is 1.30. The molecule has 0 aromatic carbocycles. The van der Waals surface area contributed by atoms with Gasteiger partial charge in [-0.25, -0.2) is 0 Å². The lowest BCUT2D eigenvalue weighted by Gasteiger charge is -2.16. The normalized spacial score (nSPS) is 10.8. The molecule has 0 aliphatic carbocycles. The molecule has 5 heteroatoms. The predicted molar refractivity (Wildman–Crippen MR) is 77.0 cm³/mol. The van der Waals surface area contributed by atoms with Gasteiger partial charge in [0.05, 0.1) is 18.8 Å². The Labute approximate surface area is 117 Å². The first-order valence-electron chi connectivity index (χ1n) is 6.69. The molecule has 0 spiro atoms. The molecule has 0 aliphatic heterocycles. The van der Waals surface area contributed by atoms with Gasteiger partial charge >= 0.3 is 5.97 Å². The Bertz CT molecular complexity index is 267. The highest BCUT2D eigenvalue weighted by molar-refractivity contribution is 5.69. The number of esters is 1. The maximum Gasteiger partial charge on any atom is 0.307 e. The smallest absolute Gasteiger partial charge is 0.307 e. The van der Waals surface area contributed by atoms with Crippen LogP contribution in [-0.4, -0.2) is 69.8 Å². The minimum Gasteiger partial charge on any atom is -0.498 e. The van der Waals surface area contributed by atoms with Gasteiger partial charge in [0, 0.05) is 19.6 Å². The number of carbonyl (C=O) groups is 1. The fraction of sp³-hybridized carbons (Fsp3) is 0.786. The fourth-order valence-corrected chi connectivity index (χ4v) is 1.41. The highest BCUT2D eigenvalue weighted by Gasteiger charge is 2.06. The first-order chi connectivity index (χ1) is 8.91. The van der Waals surface area contributed by atoms with E-state index < -0.39 is 0 Å². The summed E-state index contributed by atoms with van der Waals surface area (Å²) >= 11 is 0. The van der Waals surface area contributed by atoms with Gasteiger partial charge in [-0.05, 0) is 34.5 Å². The summed E-state index contributed by atoms with van der Waals surface area (Å²) in [6.45, 7) is 8.99. The van der Waals surface area contributed by atoms with Gasteiger partial charge in [0.2, 0.25) is 0 Å². The van der Waals surface area contributed by atoms with E-state index in [9.17, 15) is 4.79 Å². The zero-order valence-corrected chi connectivity index (χ0v) is 12.8. The lowest BCUT2D eigenvalue weighted by atomic mass is 10.4. The molecule has 0 amide bonds. The Morgan fingerprint density at radius 2 is 1.74 bits per heavy atom. The number of rotatable bonds is 11. The van der Waals surface area contributed by atoms with Crippen molar-refractivity contribution in [3.8, 4) is 0 Å². The summed E-state index contributed by atoms with van der Waals surface area (Å²) in [5, 5.41) is 0. The number of hydrogen-bond acceptors (Lipinski definition) is 5. The molecule has 0 bridgehead atoms. The second kappa shape index (κ2) is 10.8. The molecule has 0 radical (unpaired) electrons. The lowest BCUT2D eigenvalue weighted by molar-refractivity contribution is -0.144. The van der Waals surface area contributed by atoms with Crippen molar-refractivity contribution in [3.63, 3.8) is 0 Å². The maximum absolute atomic E-state index is 11.5. The van der Waals surface area contributed by atoms with Gasteiger partial charge in [-0.2, -0.15) is 0 Å². The summed E-state index contributed by atoms with van der Waals surface area (Å²) in [4.78, 5) is 15.6. The molecule has 5 nitrogen and oxygen atoms in total. The van der Waals surface area contributed by atoms with Crippen molar-refractivity contribution in [2.45, 2.75) is 19.8 Å². The molecule has 0 atom stereocenters. The molecule has 0 rings (SSSR count). The zero-order valence-electron chi connectivity index (χ0n) is 12.8. The Kier molecular flexibility index (Phi) is 10.2. The van der Waals surface area contributed by atoms with E-state index in [1.807, 2.05) is 33.0 Å². The zero-order chi connectivity index (χ0) is 14.7. The Balaban J connectivity index is 3.47. The average Bonchev–Trinajstić information content (AvgIpc) is 2.31. The van der Waals surface area contributed by atoms with Gasteiger partial charge in [0.1, 0.15) is 6.61 Å². The number of allylic oxidation sites excluding steroid dienone is 1. The maximum atomic E-state index is 11.5. The van der Waals surface area contributed by atoms with Crippen LogP contribution >= 0.6 is 0 Å². The van der Waals surface area contributed by atoms with Crippen LogP contribution in [0.3, 0.4) is 0 Å². The summed E-state index contributed by atoms with van der Waals surface area (Å²) in [5.74, 6) is 0.583. The molecule has 0 heterocycles. The third-order valence-electron chi connectivity index (χ3n) is 2.53. The van der Waals surface area contributed by atoms with E-state index in [4.69, 9.17) is 9.47 Å². The van der Waals surface area contributed by atoms with Crippen molar-refractivity contribution in [1.29, 1.82) is 0 Å². The van der Waals surface area contributed by atoms with Crippen molar-refractivity contribution < 1.29 is 14.3 Å². The molecule has 0 saturated carbocycles. The predicted octanol–water partition coefficient (Wildman–Crippen LogP) is 1.35. The first-order valence-corrected chi connectivity index (χ1v) is 6.69. The van der Waals surface area contributed by atoms with Crippen LogP contribution in [0.25, 0.3) is 0 Å². The van der Waals surface area contributed by atoms with Crippen LogP contribution in [0.15, 0.2) is 12.3 Å². The van der Waals surface area contributed by atoms with E-state index in [-0.39, 0.29) is 5.97 Å². The third kappa shape index (κ3) is 13.2. The van der Waals surface area contributed by atoms with Crippen LogP contribution < -0.4 is 0 Å². The summed E-state index contributed by atoms with van der Waals surface area (Å²) < 4.78 is 10.4. The molecule has 0 fully saturated rings. The van der Waals surface area contributed by atoms with Gasteiger partial charge in [-0.1, -0.05) is 6.58 Å². The van der Waals surface area contributed by atoms with Crippen molar-refractivity contribution >= 4 is 5.97 Å². The number of hydrogen-bond donors (Lipinski definition) is 0. The van der Waals surface area contributed by atoms with Crippen molar-refractivity contribution in [2.75, 3.05) is 54.0 Å². The van der Waals surface area contributed by atoms with E-state index >= 15 is 0 Å². The summed E-state index contributed by atoms with van der Waals surface area (Å²) in [5.41, 5.74) is 0. The van der Waals surface area contributed by atoms with Crippen LogP contribution in [0.2, 0.25) is 0 Å². The Morgan fingerprint density at radius 1 is 1.05 bits per heavy atom. The number of ether oxygens (including phenoxy) is 2. The van der Waals surface area contributed by atoms with Gasteiger partial charge in [0.15, 0.2) is 0 Å². The van der Waals surface area contributed by atoms with Crippen LogP contribution in [-0.2, 0) is 14.3 Å². The SMILES string of the molecule is C=C(C)OCCN(C)CCC(=O)OCCCN(C)C. The van der Waals surface area contributed by atoms with Crippen molar-refractivity contribution in [1.82, 2.24) is 9.80 Å². The molecule has 0 aliphatic rings. The Morgan fingerprint density at radius 3 is 2.32 bits per heavy atom. The second-order valence-electron chi connectivity index (χ2n) is 4.98. The summed E-state index contributed by atoms with van der Waals surface area (Å²) in [7, 11) is 5.97. The molecule has 0 N–H and O–H groups in total. The average molecular weight is 272 g/mol. The van der Waals surface area contributed by atoms with Gasteiger partial charge in [-0.3, -0.25) is 4.79 Å². The van der Waals surface area contributed by atoms with Gasteiger partial charge in [-0.15, -0.1) is 0 Å². The third-order valence-corrected chi connectivity index (χ3v) is 2.53. The topological polar surface area (TPSA) is 42.0 Å². The van der Waals surface area contributed by atoms with Gasteiger partial charge < -0.3 is 19.3 Å². The van der Waals surface area contributed by atoms with Crippen LogP contribution in [0.5, 0.6) is 0 Å². The molecule has 19 heavy (non-hydrogen) atoms. The highest BCUT2D eigenvalue weighted by Crippen LogP contribution is 1.95. The molecular formula is C14H28N2O3. The monoisotopic (exact) mass is 272 g/mol. The number of carbonyl (C=O) groups excluding carboxylic acids is 1. The number of nitrogens with zero attached hydrogens (tertiary/aromatic N) is 2. The van der Waals surface area contributed by atoms with E-state index in [1.165, 1.54) is 0 Å². The van der Waals surface area contributed by atoms with E-state index in [0.29, 0.717) is 31.9 Å². The summed E-state index contributed by atoms with van der Waals surface area (Å²) in [6, 6.07) is 0. The standard InChI is InChI=1S/C14H28N2O3/c1-13(2)18-12-10-16(5)9-7-14(17)19-11-6-8-15(3)4/h1,6-12H2,2-5H3. The molecule has 112 valence electrons. The second-order valence-corrected chi connectivity index (χ2v) is 4.98. The van der Waals surface area contributed by atoms with Crippen LogP contribution in [0.4, 0.5) is 0 Å². The van der Waals surface area contributed by atoms with E-state index in [0.717, 1.165) is 19.5 Å². The molecule has 0 aromatic rings. The minimum atomic E-state index is -0.133. The van der Waals surface area contributed by atoms with Crippen LogP contribution in [0, 0.1) is 0 Å². The van der Waals surface area contributed by atoms with Crippen molar-refractivity contribution in [2.24, 2.45) is 0 Å². The molecular weight excluding hydrogens is 244 g/mol. The number of likely N-dealkylation sites (N-methyl/N-ethyl adjacent to an activating group) is 1. The molecule has 0 saturated heterocycles. The van der Waals surface area contributed by atoms with Crippen LogP contribution in [0.1, 0.15) is 19.8 Å². The van der Waals surface area contributed by atoms with E-state index in [1.54, 1.807) is 0 Å². The van der Waals surface area contributed by atoms with Gasteiger partial charge in [0.25, 0.3) is 0 Å². The Hall–Kier alpha value is -1.07. The lowest BCUT2D eigenvalue weighted by Crippen LogP contribution is -2.26. The van der Waals surface area contributed by atoms with E-state index in [2.05, 4.69) is 11.5 Å². The quantitative estimate of drug-likeness (QED) is 0.323. The highest BCUT2D eigenvalue weighted by atomic mass is 16.5. The molecule has 0 aromatic heterocycles. The van der Waals surface area contributed by atoms with Crippen molar-refractivity contribution in [3.05, 3.63) is 12.3 Å². The molecule has 0 unspecified atom stereocenters. The minimum absolute atomic E-state index is 0.133. The first kappa shape index (κ1) is 17.9. The fourth-order valence-electron chi connectivity index (χ4n) is 1.41.